The van der Waals surface area contributed by atoms with Gasteiger partial charge in [-0.05, 0) is 51.0 Å². The summed E-state index contributed by atoms with van der Waals surface area (Å²) in [6.45, 7) is 4.44. The Balaban J connectivity index is 1.63. The Morgan fingerprint density at radius 3 is 2.38 bits per heavy atom. The van der Waals surface area contributed by atoms with E-state index in [2.05, 4.69) is 5.32 Å². The molecule has 3 rings (SSSR count). The predicted molar refractivity (Wildman–Crippen MR) is 117 cm³/mol. The molecule has 1 heterocycles. The number of amides is 3. The van der Waals surface area contributed by atoms with Gasteiger partial charge in [0.15, 0.2) is 0 Å². The zero-order chi connectivity index (χ0) is 23.3. The molecule has 32 heavy (non-hydrogen) atoms. The smallest absolute Gasteiger partial charge is 0.253 e. The first-order chi connectivity index (χ1) is 15.3. The molecule has 0 spiro atoms. The van der Waals surface area contributed by atoms with Crippen molar-refractivity contribution in [3.8, 4) is 0 Å². The monoisotopic (exact) mass is 443 g/mol. The summed E-state index contributed by atoms with van der Waals surface area (Å²) in [5.41, 5.74) is 1.09. The first-order valence-electron chi connectivity index (χ1n) is 10.7. The Morgan fingerprint density at radius 2 is 1.75 bits per heavy atom. The number of likely N-dealkylation sites (tertiary alicyclic amines) is 1. The number of nitrogens with one attached hydrogen (secondary N) is 1. The Morgan fingerprint density at radius 1 is 1.09 bits per heavy atom. The van der Waals surface area contributed by atoms with Crippen LogP contribution in [0.3, 0.4) is 0 Å². The number of nitrogens with zero attached hydrogens (tertiary/aromatic N) is 2. The van der Waals surface area contributed by atoms with E-state index in [0.717, 1.165) is 17.7 Å². The van der Waals surface area contributed by atoms with Gasteiger partial charge in [0, 0.05) is 25.2 Å². The van der Waals surface area contributed by atoms with Crippen molar-refractivity contribution in [2.24, 2.45) is 5.92 Å². The number of hydrogen-bond donors (Lipinski definition) is 1. The highest BCUT2D eigenvalue weighted by Crippen LogP contribution is 2.22. The lowest BCUT2D eigenvalue weighted by Crippen LogP contribution is -2.48. The zero-order valence-corrected chi connectivity index (χ0v) is 18.2. The molecule has 1 fully saturated rings. The highest BCUT2D eigenvalue weighted by molar-refractivity contribution is 5.96. The second kappa shape index (κ2) is 10.3. The number of benzene rings is 2. The van der Waals surface area contributed by atoms with Crippen LogP contribution in [-0.2, 0) is 9.59 Å². The summed E-state index contributed by atoms with van der Waals surface area (Å²) >= 11 is 0. The number of halogens is 2. The summed E-state index contributed by atoms with van der Waals surface area (Å²) in [5, 5.41) is 2.21. The molecule has 170 valence electrons. The van der Waals surface area contributed by atoms with Gasteiger partial charge in [0.25, 0.3) is 5.91 Å². The lowest BCUT2D eigenvalue weighted by Gasteiger charge is -2.34. The number of carbonyl (C=O) groups excluding carboxylic acids is 3. The number of aryl methyl sites for hydroxylation is 1. The minimum Gasteiger partial charge on any atom is -0.338 e. The van der Waals surface area contributed by atoms with Crippen LogP contribution in [-0.4, -0.2) is 53.7 Å². The topological polar surface area (TPSA) is 69.7 Å². The van der Waals surface area contributed by atoms with Gasteiger partial charge in [0.1, 0.15) is 17.3 Å². The summed E-state index contributed by atoms with van der Waals surface area (Å²) in [5.74, 6) is -3.27. The van der Waals surface area contributed by atoms with Gasteiger partial charge in [-0.1, -0.05) is 23.8 Å². The van der Waals surface area contributed by atoms with E-state index in [-0.39, 0.29) is 31.4 Å². The lowest BCUT2D eigenvalue weighted by molar-refractivity contribution is -0.139. The molecule has 0 aromatic heterocycles. The molecular formula is C24H27F2N3O3. The van der Waals surface area contributed by atoms with Crippen LogP contribution in [0.4, 0.5) is 14.5 Å². The van der Waals surface area contributed by atoms with Crippen molar-refractivity contribution in [3.05, 3.63) is 65.2 Å². The summed E-state index contributed by atoms with van der Waals surface area (Å²) < 4.78 is 27.6. The van der Waals surface area contributed by atoms with Gasteiger partial charge in [-0.2, -0.15) is 0 Å². The SMILES string of the molecule is CCN(CC(=O)Nc1c(F)cccc1F)C(=O)C1CCCN(C(=O)c2ccc(C)cc2)C1. The second-order valence-electron chi connectivity index (χ2n) is 7.95. The second-order valence-corrected chi connectivity index (χ2v) is 7.95. The molecule has 2 aromatic rings. The first kappa shape index (κ1) is 23.4. The maximum atomic E-state index is 13.8. The Labute approximate surface area is 186 Å². The minimum absolute atomic E-state index is 0.127. The lowest BCUT2D eigenvalue weighted by atomic mass is 9.95. The van der Waals surface area contributed by atoms with Crippen LogP contribution in [0.2, 0.25) is 0 Å². The van der Waals surface area contributed by atoms with Crippen LogP contribution in [0.25, 0.3) is 0 Å². The fourth-order valence-electron chi connectivity index (χ4n) is 3.82. The highest BCUT2D eigenvalue weighted by Gasteiger charge is 2.32. The first-order valence-corrected chi connectivity index (χ1v) is 10.7. The number of hydrogen-bond acceptors (Lipinski definition) is 3. The van der Waals surface area contributed by atoms with Crippen molar-refractivity contribution in [3.63, 3.8) is 0 Å². The average molecular weight is 443 g/mol. The number of para-hydroxylation sites is 1. The van der Waals surface area contributed by atoms with E-state index in [1.54, 1.807) is 24.0 Å². The van der Waals surface area contributed by atoms with Crippen LogP contribution in [0.1, 0.15) is 35.7 Å². The maximum Gasteiger partial charge on any atom is 0.253 e. The van der Waals surface area contributed by atoms with Crippen molar-refractivity contribution in [1.29, 1.82) is 0 Å². The van der Waals surface area contributed by atoms with Crippen LogP contribution >= 0.6 is 0 Å². The average Bonchev–Trinajstić information content (AvgIpc) is 2.79. The molecule has 0 bridgehead atoms. The van der Waals surface area contributed by atoms with E-state index >= 15 is 0 Å². The number of piperidine rings is 1. The molecule has 1 saturated heterocycles. The summed E-state index contributed by atoms with van der Waals surface area (Å²) in [6.07, 6.45) is 1.29. The number of likely N-dealkylation sites (N-methyl/N-ethyl adjacent to an activating group) is 1. The molecule has 8 heteroatoms. The third-order valence-corrected chi connectivity index (χ3v) is 5.61. The fraction of sp³-hybridized carbons (Fsp3) is 0.375. The maximum absolute atomic E-state index is 13.8. The van der Waals surface area contributed by atoms with Crippen molar-refractivity contribution < 1.29 is 23.2 Å². The molecule has 3 amide bonds. The number of carbonyl (C=O) groups is 3. The standard InChI is InChI=1S/C24H27F2N3O3/c1-3-28(15-21(30)27-22-19(25)7-4-8-20(22)26)24(32)18-6-5-13-29(14-18)23(31)17-11-9-16(2)10-12-17/h4,7-12,18H,3,5-6,13-15H2,1-2H3,(H,27,30). The molecule has 1 unspecified atom stereocenters. The van der Waals surface area contributed by atoms with Crippen molar-refractivity contribution >= 4 is 23.4 Å². The molecule has 0 aliphatic carbocycles. The van der Waals surface area contributed by atoms with E-state index < -0.39 is 29.1 Å². The Hall–Kier alpha value is -3.29. The highest BCUT2D eigenvalue weighted by atomic mass is 19.1. The Bertz CT molecular complexity index is 974. The van der Waals surface area contributed by atoms with E-state index in [0.29, 0.717) is 24.9 Å². The fourth-order valence-corrected chi connectivity index (χ4v) is 3.82. The molecule has 6 nitrogen and oxygen atoms in total. The minimum atomic E-state index is -0.884. The molecule has 1 N–H and O–H groups in total. The molecule has 0 radical (unpaired) electrons. The van der Waals surface area contributed by atoms with Gasteiger partial charge in [-0.15, -0.1) is 0 Å². The van der Waals surface area contributed by atoms with Crippen LogP contribution < -0.4 is 5.32 Å². The molecule has 2 aromatic carbocycles. The van der Waals surface area contributed by atoms with E-state index in [1.165, 1.54) is 11.0 Å². The van der Waals surface area contributed by atoms with E-state index in [4.69, 9.17) is 0 Å². The van der Waals surface area contributed by atoms with Crippen molar-refractivity contribution in [2.45, 2.75) is 26.7 Å². The van der Waals surface area contributed by atoms with Crippen molar-refractivity contribution in [2.75, 3.05) is 31.5 Å². The largest absolute Gasteiger partial charge is 0.338 e. The van der Waals surface area contributed by atoms with Gasteiger partial charge in [-0.3, -0.25) is 14.4 Å². The summed E-state index contributed by atoms with van der Waals surface area (Å²) in [4.78, 5) is 41.3. The quantitative estimate of drug-likeness (QED) is 0.742. The number of anilines is 1. The van der Waals surface area contributed by atoms with Crippen LogP contribution in [0, 0.1) is 24.5 Å². The molecule has 1 aliphatic heterocycles. The van der Waals surface area contributed by atoms with Crippen molar-refractivity contribution in [1.82, 2.24) is 9.80 Å². The van der Waals surface area contributed by atoms with Gasteiger partial charge in [-0.25, -0.2) is 8.78 Å². The molecule has 1 atom stereocenters. The van der Waals surface area contributed by atoms with Gasteiger partial charge >= 0.3 is 0 Å². The van der Waals surface area contributed by atoms with E-state index in [1.807, 2.05) is 19.1 Å². The van der Waals surface area contributed by atoms with Crippen LogP contribution in [0.5, 0.6) is 0 Å². The van der Waals surface area contributed by atoms with Gasteiger partial charge in [0.2, 0.25) is 11.8 Å². The molecule has 0 saturated carbocycles. The molecule has 1 aliphatic rings. The predicted octanol–water partition coefficient (Wildman–Crippen LogP) is 3.61. The molecular weight excluding hydrogens is 416 g/mol. The third-order valence-electron chi connectivity index (χ3n) is 5.61. The van der Waals surface area contributed by atoms with E-state index in [9.17, 15) is 23.2 Å². The number of rotatable bonds is 6. The Kier molecular flexibility index (Phi) is 7.56. The third kappa shape index (κ3) is 5.49. The normalized spacial score (nSPS) is 15.9. The summed E-state index contributed by atoms with van der Waals surface area (Å²) in [6, 6.07) is 10.6. The van der Waals surface area contributed by atoms with Gasteiger partial charge < -0.3 is 15.1 Å². The zero-order valence-electron chi connectivity index (χ0n) is 18.2. The van der Waals surface area contributed by atoms with Crippen LogP contribution in [0.15, 0.2) is 42.5 Å². The summed E-state index contributed by atoms with van der Waals surface area (Å²) in [7, 11) is 0. The van der Waals surface area contributed by atoms with Gasteiger partial charge in [0.05, 0.1) is 12.5 Å².